The fourth-order valence-corrected chi connectivity index (χ4v) is 2.40. The van der Waals surface area contributed by atoms with Gasteiger partial charge in [-0.15, -0.1) is 11.3 Å². The Balaban J connectivity index is 1.74. The molecule has 1 aromatic carbocycles. The summed E-state index contributed by atoms with van der Waals surface area (Å²) in [4.78, 5) is 11.7. The lowest BCUT2D eigenvalue weighted by atomic mass is 10.1. The summed E-state index contributed by atoms with van der Waals surface area (Å²) in [7, 11) is 0. The van der Waals surface area contributed by atoms with Gasteiger partial charge in [0, 0.05) is 17.4 Å². The smallest absolute Gasteiger partial charge is 0.328 e. The molecule has 1 heterocycles. The standard InChI is InChI=1S/C16H16O3S/c17-16(18)8-7-13-3-5-14(6-4-13)12-19-10-9-15-2-1-11-20-15/h1-8,11H,9-10,12H2,(H,17,18). The molecule has 0 unspecified atom stereocenters. The van der Waals surface area contributed by atoms with Crippen LogP contribution in [0.15, 0.2) is 47.9 Å². The molecule has 2 aromatic rings. The first-order valence-corrected chi connectivity index (χ1v) is 7.22. The molecule has 20 heavy (non-hydrogen) atoms. The molecule has 3 nitrogen and oxygen atoms in total. The van der Waals surface area contributed by atoms with E-state index in [0.717, 1.165) is 23.6 Å². The van der Waals surface area contributed by atoms with Crippen molar-refractivity contribution in [3.63, 3.8) is 0 Å². The molecule has 0 amide bonds. The van der Waals surface area contributed by atoms with Crippen molar-refractivity contribution < 1.29 is 14.6 Å². The van der Waals surface area contributed by atoms with Gasteiger partial charge in [-0.1, -0.05) is 30.3 Å². The van der Waals surface area contributed by atoms with Crippen LogP contribution in [-0.2, 0) is 22.6 Å². The van der Waals surface area contributed by atoms with Gasteiger partial charge in [-0.25, -0.2) is 4.79 Å². The third-order valence-corrected chi connectivity index (χ3v) is 3.68. The van der Waals surface area contributed by atoms with Crippen molar-refractivity contribution in [1.29, 1.82) is 0 Å². The van der Waals surface area contributed by atoms with Crippen LogP contribution in [0.25, 0.3) is 6.08 Å². The monoisotopic (exact) mass is 288 g/mol. The molecule has 104 valence electrons. The Hall–Kier alpha value is -1.91. The van der Waals surface area contributed by atoms with Gasteiger partial charge in [0.15, 0.2) is 0 Å². The number of hydrogen-bond donors (Lipinski definition) is 1. The van der Waals surface area contributed by atoms with Crippen molar-refractivity contribution in [1.82, 2.24) is 0 Å². The Morgan fingerprint density at radius 3 is 2.70 bits per heavy atom. The Bertz CT molecular complexity index is 556. The molecule has 0 saturated heterocycles. The van der Waals surface area contributed by atoms with E-state index in [1.165, 1.54) is 4.88 Å². The van der Waals surface area contributed by atoms with Crippen LogP contribution in [0.1, 0.15) is 16.0 Å². The van der Waals surface area contributed by atoms with E-state index < -0.39 is 5.97 Å². The lowest BCUT2D eigenvalue weighted by Gasteiger charge is -2.04. The van der Waals surface area contributed by atoms with Gasteiger partial charge in [-0.05, 0) is 28.6 Å². The van der Waals surface area contributed by atoms with Crippen molar-refractivity contribution in [3.8, 4) is 0 Å². The van der Waals surface area contributed by atoms with Crippen molar-refractivity contribution in [2.75, 3.05) is 6.61 Å². The van der Waals surface area contributed by atoms with Gasteiger partial charge >= 0.3 is 5.97 Å². The Labute approximate surface area is 122 Å². The molecular formula is C16H16O3S. The SMILES string of the molecule is O=C(O)C=Cc1ccc(COCCc2cccs2)cc1. The zero-order valence-electron chi connectivity index (χ0n) is 11.0. The van der Waals surface area contributed by atoms with Crippen molar-refractivity contribution in [3.05, 3.63) is 63.9 Å². The van der Waals surface area contributed by atoms with E-state index in [0.29, 0.717) is 13.2 Å². The molecule has 0 atom stereocenters. The number of benzene rings is 1. The maximum absolute atomic E-state index is 10.4. The van der Waals surface area contributed by atoms with Gasteiger partial charge in [0.25, 0.3) is 0 Å². The first-order valence-electron chi connectivity index (χ1n) is 6.34. The molecule has 0 bridgehead atoms. The topological polar surface area (TPSA) is 46.5 Å². The van der Waals surface area contributed by atoms with E-state index in [1.54, 1.807) is 17.4 Å². The molecule has 4 heteroatoms. The number of carboxylic acid groups (broad SMARTS) is 1. The number of thiophene rings is 1. The number of ether oxygens (including phenoxy) is 1. The molecule has 0 aliphatic heterocycles. The zero-order valence-corrected chi connectivity index (χ0v) is 11.8. The molecule has 2 rings (SSSR count). The second-order valence-corrected chi connectivity index (χ2v) is 5.33. The van der Waals surface area contributed by atoms with E-state index in [-0.39, 0.29) is 0 Å². The highest BCUT2D eigenvalue weighted by atomic mass is 32.1. The Kier molecular flexibility index (Phi) is 5.53. The minimum atomic E-state index is -0.939. The van der Waals surface area contributed by atoms with E-state index in [2.05, 4.69) is 11.4 Å². The summed E-state index contributed by atoms with van der Waals surface area (Å²) in [5, 5.41) is 10.6. The average molecular weight is 288 g/mol. The second-order valence-electron chi connectivity index (χ2n) is 4.30. The molecule has 0 fully saturated rings. The van der Waals surface area contributed by atoms with Gasteiger partial charge in [-0.3, -0.25) is 0 Å². The molecule has 0 aliphatic carbocycles. The van der Waals surface area contributed by atoms with Crippen molar-refractivity contribution in [2.24, 2.45) is 0 Å². The van der Waals surface area contributed by atoms with Crippen LogP contribution in [0.3, 0.4) is 0 Å². The molecule has 0 spiro atoms. The number of aliphatic carboxylic acids is 1. The maximum Gasteiger partial charge on any atom is 0.328 e. The van der Waals surface area contributed by atoms with E-state index in [4.69, 9.17) is 9.84 Å². The van der Waals surface area contributed by atoms with Gasteiger partial charge in [0.2, 0.25) is 0 Å². The number of carbonyl (C=O) groups is 1. The summed E-state index contributed by atoms with van der Waals surface area (Å²) in [6.45, 7) is 1.29. The summed E-state index contributed by atoms with van der Waals surface area (Å²) >= 11 is 1.74. The Morgan fingerprint density at radius 2 is 2.05 bits per heavy atom. The number of rotatable bonds is 7. The van der Waals surface area contributed by atoms with Crippen molar-refractivity contribution in [2.45, 2.75) is 13.0 Å². The van der Waals surface area contributed by atoms with Gasteiger partial charge < -0.3 is 9.84 Å². The predicted octanol–water partition coefficient (Wildman–Crippen LogP) is 3.61. The minimum absolute atomic E-state index is 0.578. The van der Waals surface area contributed by atoms with Crippen LogP contribution in [0.4, 0.5) is 0 Å². The largest absolute Gasteiger partial charge is 0.478 e. The molecule has 1 N–H and O–H groups in total. The third kappa shape index (κ3) is 4.99. The molecular weight excluding hydrogens is 272 g/mol. The van der Waals surface area contributed by atoms with Gasteiger partial charge in [-0.2, -0.15) is 0 Å². The average Bonchev–Trinajstić information content (AvgIpc) is 2.96. The van der Waals surface area contributed by atoms with E-state index >= 15 is 0 Å². The van der Waals surface area contributed by atoms with Gasteiger partial charge in [0.05, 0.1) is 13.2 Å². The maximum atomic E-state index is 10.4. The van der Waals surface area contributed by atoms with Crippen LogP contribution in [-0.4, -0.2) is 17.7 Å². The van der Waals surface area contributed by atoms with Crippen LogP contribution < -0.4 is 0 Å². The molecule has 0 radical (unpaired) electrons. The lowest BCUT2D eigenvalue weighted by Crippen LogP contribution is -1.97. The summed E-state index contributed by atoms with van der Waals surface area (Å²) in [5.41, 5.74) is 1.96. The summed E-state index contributed by atoms with van der Waals surface area (Å²) < 4.78 is 5.63. The van der Waals surface area contributed by atoms with Crippen molar-refractivity contribution >= 4 is 23.4 Å². The molecule has 1 aromatic heterocycles. The quantitative estimate of drug-likeness (QED) is 0.625. The Morgan fingerprint density at radius 1 is 1.25 bits per heavy atom. The van der Waals surface area contributed by atoms with E-state index in [1.807, 2.05) is 30.3 Å². The first kappa shape index (κ1) is 14.5. The number of hydrogen-bond acceptors (Lipinski definition) is 3. The summed E-state index contributed by atoms with van der Waals surface area (Å²) in [6, 6.07) is 11.8. The highest BCUT2D eigenvalue weighted by Gasteiger charge is 1.96. The van der Waals surface area contributed by atoms with Crippen LogP contribution >= 0.6 is 11.3 Å². The fraction of sp³-hybridized carbons (Fsp3) is 0.188. The van der Waals surface area contributed by atoms with Gasteiger partial charge in [0.1, 0.15) is 0 Å². The summed E-state index contributed by atoms with van der Waals surface area (Å²) in [6.07, 6.45) is 3.65. The van der Waals surface area contributed by atoms with Crippen LogP contribution in [0.2, 0.25) is 0 Å². The fourth-order valence-electron chi connectivity index (χ4n) is 1.71. The molecule has 0 aliphatic rings. The highest BCUT2D eigenvalue weighted by Crippen LogP contribution is 2.10. The van der Waals surface area contributed by atoms with Crippen LogP contribution in [0.5, 0.6) is 0 Å². The summed E-state index contributed by atoms with van der Waals surface area (Å²) in [5.74, 6) is -0.939. The first-order chi connectivity index (χ1) is 9.74. The number of carboxylic acids is 1. The van der Waals surface area contributed by atoms with E-state index in [9.17, 15) is 4.79 Å². The highest BCUT2D eigenvalue weighted by molar-refractivity contribution is 7.09. The zero-order chi connectivity index (χ0) is 14.2. The third-order valence-electron chi connectivity index (χ3n) is 2.74. The van der Waals surface area contributed by atoms with Crippen LogP contribution in [0, 0.1) is 0 Å². The minimum Gasteiger partial charge on any atom is -0.478 e. The molecule has 0 saturated carbocycles. The predicted molar refractivity (Wildman–Crippen MR) is 80.8 cm³/mol. The second kappa shape index (κ2) is 7.62. The normalized spacial score (nSPS) is 11.0. The lowest BCUT2D eigenvalue weighted by molar-refractivity contribution is -0.131.